The fourth-order valence-corrected chi connectivity index (χ4v) is 4.09. The van der Waals surface area contributed by atoms with Crippen LogP contribution in [0.1, 0.15) is 43.3 Å². The molecule has 10 heteroatoms. The second-order valence-corrected chi connectivity index (χ2v) is 9.12. The standard InChI is InChI=1S/C21H30N8OS/c1-4-17-25-19(29-11-9-28(3)10-12-29)27-21(26-17)31-20-22-13-15(14(2)23-20)5-8-18(30)24-16-6-7-16/h13,16H,4-12H2,1-3H3,(H,24,30). The van der Waals surface area contributed by atoms with Crippen molar-refractivity contribution in [1.82, 2.24) is 35.1 Å². The summed E-state index contributed by atoms with van der Waals surface area (Å²) in [6.07, 6.45) is 5.89. The third kappa shape index (κ3) is 6.10. The molecule has 1 aliphatic heterocycles. The van der Waals surface area contributed by atoms with Crippen LogP contribution < -0.4 is 10.2 Å². The number of anilines is 1. The fourth-order valence-electron chi connectivity index (χ4n) is 3.36. The molecule has 4 rings (SSSR count). The number of piperazine rings is 1. The molecule has 1 N–H and O–H groups in total. The monoisotopic (exact) mass is 442 g/mol. The fraction of sp³-hybridized carbons (Fsp3) is 0.619. The summed E-state index contributed by atoms with van der Waals surface area (Å²) in [7, 11) is 2.13. The Morgan fingerprint density at radius 1 is 1.13 bits per heavy atom. The Balaban J connectivity index is 1.42. The second kappa shape index (κ2) is 9.86. The van der Waals surface area contributed by atoms with E-state index >= 15 is 0 Å². The molecule has 2 aromatic rings. The van der Waals surface area contributed by atoms with Gasteiger partial charge in [-0.1, -0.05) is 6.92 Å². The molecule has 1 aliphatic carbocycles. The molecule has 0 atom stereocenters. The van der Waals surface area contributed by atoms with E-state index in [1.165, 1.54) is 11.8 Å². The summed E-state index contributed by atoms with van der Waals surface area (Å²) in [5.41, 5.74) is 1.89. The van der Waals surface area contributed by atoms with E-state index in [2.05, 4.69) is 47.1 Å². The van der Waals surface area contributed by atoms with Crippen molar-refractivity contribution in [2.24, 2.45) is 0 Å². The average molecular weight is 443 g/mol. The first-order chi connectivity index (χ1) is 15.0. The van der Waals surface area contributed by atoms with Gasteiger partial charge < -0.3 is 15.1 Å². The summed E-state index contributed by atoms with van der Waals surface area (Å²) >= 11 is 1.36. The first-order valence-electron chi connectivity index (χ1n) is 11.0. The van der Waals surface area contributed by atoms with Gasteiger partial charge >= 0.3 is 0 Å². The van der Waals surface area contributed by atoms with Crippen LogP contribution >= 0.6 is 11.8 Å². The topological polar surface area (TPSA) is 100 Å². The summed E-state index contributed by atoms with van der Waals surface area (Å²) < 4.78 is 0. The number of amides is 1. The summed E-state index contributed by atoms with van der Waals surface area (Å²) in [6, 6.07) is 0.396. The number of aromatic nitrogens is 5. The number of aryl methyl sites for hydroxylation is 3. The third-order valence-corrected chi connectivity index (χ3v) is 6.30. The lowest BCUT2D eigenvalue weighted by atomic mass is 10.1. The molecule has 0 spiro atoms. The maximum absolute atomic E-state index is 11.9. The molecular formula is C21H30N8OS. The minimum Gasteiger partial charge on any atom is -0.353 e. The number of rotatable bonds is 8. The van der Waals surface area contributed by atoms with E-state index < -0.39 is 0 Å². The van der Waals surface area contributed by atoms with Crippen molar-refractivity contribution in [1.29, 1.82) is 0 Å². The molecule has 2 aliphatic rings. The molecule has 1 amide bonds. The highest BCUT2D eigenvalue weighted by molar-refractivity contribution is 7.99. The zero-order valence-corrected chi connectivity index (χ0v) is 19.3. The summed E-state index contributed by atoms with van der Waals surface area (Å²) in [6.45, 7) is 7.82. The van der Waals surface area contributed by atoms with Gasteiger partial charge in [0.2, 0.25) is 17.0 Å². The van der Waals surface area contributed by atoms with E-state index in [0.29, 0.717) is 29.2 Å². The zero-order chi connectivity index (χ0) is 21.8. The molecule has 0 aromatic carbocycles. The first kappa shape index (κ1) is 21.9. The molecule has 1 saturated carbocycles. The number of carbonyl (C=O) groups excluding carboxylic acids is 1. The Morgan fingerprint density at radius 3 is 2.58 bits per heavy atom. The predicted octanol–water partition coefficient (Wildman–Crippen LogP) is 1.65. The predicted molar refractivity (Wildman–Crippen MR) is 119 cm³/mol. The third-order valence-electron chi connectivity index (χ3n) is 5.56. The number of likely N-dealkylation sites (N-methyl/N-ethyl adjacent to an activating group) is 1. The van der Waals surface area contributed by atoms with Crippen LogP contribution in [0.15, 0.2) is 16.5 Å². The summed E-state index contributed by atoms with van der Waals surface area (Å²) in [5.74, 6) is 1.62. The van der Waals surface area contributed by atoms with E-state index in [9.17, 15) is 4.79 Å². The Morgan fingerprint density at radius 2 is 1.90 bits per heavy atom. The summed E-state index contributed by atoms with van der Waals surface area (Å²) in [5, 5.41) is 4.25. The number of nitrogens with one attached hydrogen (secondary N) is 1. The smallest absolute Gasteiger partial charge is 0.229 e. The SMILES string of the molecule is CCc1nc(Sc2ncc(CCC(=O)NC3CC3)c(C)n2)nc(N2CCN(C)CC2)n1. The molecule has 3 heterocycles. The lowest BCUT2D eigenvalue weighted by Gasteiger charge is -2.32. The normalized spacial score (nSPS) is 17.1. The van der Waals surface area contributed by atoms with E-state index in [-0.39, 0.29) is 5.91 Å². The van der Waals surface area contributed by atoms with Gasteiger partial charge in [0.05, 0.1) is 0 Å². The molecule has 9 nitrogen and oxygen atoms in total. The number of nitrogens with zero attached hydrogens (tertiary/aromatic N) is 7. The van der Waals surface area contributed by atoms with Crippen LogP contribution in [-0.4, -0.2) is 75.0 Å². The Hall–Kier alpha value is -2.33. The van der Waals surface area contributed by atoms with E-state index in [1.807, 2.05) is 20.0 Å². The maximum Gasteiger partial charge on any atom is 0.229 e. The average Bonchev–Trinajstić information content (AvgIpc) is 3.57. The van der Waals surface area contributed by atoms with E-state index in [4.69, 9.17) is 0 Å². The van der Waals surface area contributed by atoms with Gasteiger partial charge in [-0.2, -0.15) is 9.97 Å². The lowest BCUT2D eigenvalue weighted by Crippen LogP contribution is -2.45. The molecule has 2 aromatic heterocycles. The number of carbonyl (C=O) groups is 1. The van der Waals surface area contributed by atoms with Gasteiger partial charge in [-0.05, 0) is 50.6 Å². The van der Waals surface area contributed by atoms with Crippen molar-refractivity contribution in [3.8, 4) is 0 Å². The van der Waals surface area contributed by atoms with Crippen LogP contribution in [0.4, 0.5) is 5.95 Å². The van der Waals surface area contributed by atoms with Gasteiger partial charge in [-0.3, -0.25) is 4.79 Å². The zero-order valence-electron chi connectivity index (χ0n) is 18.5. The van der Waals surface area contributed by atoms with Crippen molar-refractivity contribution in [3.05, 3.63) is 23.3 Å². The van der Waals surface area contributed by atoms with Crippen LogP contribution in [0, 0.1) is 6.92 Å². The van der Waals surface area contributed by atoms with Crippen molar-refractivity contribution >= 4 is 23.6 Å². The van der Waals surface area contributed by atoms with Crippen molar-refractivity contribution < 1.29 is 4.79 Å². The molecule has 0 bridgehead atoms. The molecule has 0 unspecified atom stereocenters. The van der Waals surface area contributed by atoms with Gasteiger partial charge in [0, 0.05) is 57.0 Å². The van der Waals surface area contributed by atoms with Gasteiger partial charge in [-0.25, -0.2) is 15.0 Å². The van der Waals surface area contributed by atoms with Crippen LogP contribution in [0.25, 0.3) is 0 Å². The van der Waals surface area contributed by atoms with Crippen LogP contribution in [0.5, 0.6) is 0 Å². The Bertz CT molecular complexity index is 928. The Labute approximate surface area is 187 Å². The van der Waals surface area contributed by atoms with Crippen molar-refractivity contribution in [2.75, 3.05) is 38.1 Å². The molecular weight excluding hydrogens is 412 g/mol. The highest BCUT2D eigenvalue weighted by Crippen LogP contribution is 2.24. The van der Waals surface area contributed by atoms with Crippen LogP contribution in [-0.2, 0) is 17.6 Å². The second-order valence-electron chi connectivity index (χ2n) is 8.19. The maximum atomic E-state index is 11.9. The number of hydrogen-bond donors (Lipinski definition) is 1. The first-order valence-corrected chi connectivity index (χ1v) is 11.8. The molecule has 0 radical (unpaired) electrons. The molecule has 2 fully saturated rings. The van der Waals surface area contributed by atoms with Gasteiger partial charge in [0.25, 0.3) is 0 Å². The van der Waals surface area contributed by atoms with Gasteiger partial charge in [-0.15, -0.1) is 0 Å². The quantitative estimate of drug-likeness (QED) is 0.612. The largest absolute Gasteiger partial charge is 0.353 e. The minimum atomic E-state index is 0.106. The van der Waals surface area contributed by atoms with Crippen LogP contribution in [0.3, 0.4) is 0 Å². The molecule has 166 valence electrons. The van der Waals surface area contributed by atoms with Crippen LogP contribution in [0.2, 0.25) is 0 Å². The van der Waals surface area contributed by atoms with Crippen molar-refractivity contribution in [3.63, 3.8) is 0 Å². The molecule has 1 saturated heterocycles. The van der Waals surface area contributed by atoms with E-state index in [1.54, 1.807) is 0 Å². The Kier molecular flexibility index (Phi) is 6.96. The lowest BCUT2D eigenvalue weighted by molar-refractivity contribution is -0.121. The summed E-state index contributed by atoms with van der Waals surface area (Å²) in [4.78, 5) is 39.5. The number of hydrogen-bond acceptors (Lipinski definition) is 9. The van der Waals surface area contributed by atoms with E-state index in [0.717, 1.165) is 68.5 Å². The van der Waals surface area contributed by atoms with Gasteiger partial charge in [0.15, 0.2) is 5.16 Å². The molecule has 31 heavy (non-hydrogen) atoms. The minimum absolute atomic E-state index is 0.106. The highest BCUT2D eigenvalue weighted by Gasteiger charge is 2.23. The van der Waals surface area contributed by atoms with Gasteiger partial charge in [0.1, 0.15) is 5.82 Å². The van der Waals surface area contributed by atoms with Crippen molar-refractivity contribution in [2.45, 2.75) is 62.3 Å². The highest BCUT2D eigenvalue weighted by atomic mass is 32.2.